The van der Waals surface area contributed by atoms with Gasteiger partial charge in [-0.1, -0.05) is 0 Å². The third-order valence-corrected chi connectivity index (χ3v) is 3.92. The molecule has 3 heterocycles. The molecule has 1 atom stereocenters. The summed E-state index contributed by atoms with van der Waals surface area (Å²) in [6.45, 7) is 2.57. The molecule has 1 amide bonds. The number of nitrogens with one attached hydrogen (secondary N) is 1. The van der Waals surface area contributed by atoms with Gasteiger partial charge in [0.05, 0.1) is 17.9 Å². The number of amides is 1. The van der Waals surface area contributed by atoms with E-state index in [1.807, 2.05) is 43.0 Å². The average Bonchev–Trinajstić information content (AvgIpc) is 3.15. The van der Waals surface area contributed by atoms with E-state index in [1.165, 1.54) is 0 Å². The molecule has 22 heavy (non-hydrogen) atoms. The lowest BCUT2D eigenvalue weighted by Crippen LogP contribution is -2.31. The summed E-state index contributed by atoms with van der Waals surface area (Å²) in [5, 5.41) is 8.51. The monoisotopic (exact) mass is 300 g/mol. The molecule has 0 aliphatic carbocycles. The molecule has 2 aromatic rings. The molecular weight excluding hydrogens is 280 g/mol. The molecule has 1 aliphatic rings. The van der Waals surface area contributed by atoms with Crippen molar-refractivity contribution in [2.24, 2.45) is 0 Å². The standard InChI is InChI=1S/C15H20N6O/c1-10-16-9-12(17-10)15(22)21-8-4-5-13(21)11-6-7-14(19-18-11)20(2)3/h6-7,9,13H,4-5,8H2,1-3H3,(H,16,17). The molecule has 1 aliphatic heterocycles. The van der Waals surface area contributed by atoms with E-state index in [1.54, 1.807) is 6.20 Å². The van der Waals surface area contributed by atoms with Gasteiger partial charge in [-0.2, -0.15) is 5.10 Å². The number of aryl methyl sites for hydroxylation is 1. The first-order chi connectivity index (χ1) is 10.6. The first-order valence-corrected chi connectivity index (χ1v) is 7.40. The van der Waals surface area contributed by atoms with Crippen molar-refractivity contribution < 1.29 is 4.79 Å². The molecule has 1 unspecified atom stereocenters. The van der Waals surface area contributed by atoms with Gasteiger partial charge in [0.2, 0.25) is 0 Å². The largest absolute Gasteiger partial charge is 0.361 e. The van der Waals surface area contributed by atoms with Crippen molar-refractivity contribution >= 4 is 11.7 Å². The summed E-state index contributed by atoms with van der Waals surface area (Å²) >= 11 is 0. The predicted molar refractivity (Wildman–Crippen MR) is 82.7 cm³/mol. The Kier molecular flexibility index (Phi) is 3.79. The number of imidazole rings is 1. The van der Waals surface area contributed by atoms with Gasteiger partial charge >= 0.3 is 0 Å². The van der Waals surface area contributed by atoms with Gasteiger partial charge in [-0.3, -0.25) is 4.79 Å². The highest BCUT2D eigenvalue weighted by molar-refractivity contribution is 5.92. The zero-order valence-corrected chi connectivity index (χ0v) is 13.1. The van der Waals surface area contributed by atoms with Crippen LogP contribution in [0.1, 0.15) is 40.9 Å². The summed E-state index contributed by atoms with van der Waals surface area (Å²) in [6.07, 6.45) is 3.48. The average molecular weight is 300 g/mol. The summed E-state index contributed by atoms with van der Waals surface area (Å²) in [5.74, 6) is 1.53. The molecular formula is C15H20N6O. The minimum atomic E-state index is -0.0263. The highest BCUT2D eigenvalue weighted by Gasteiger charge is 2.32. The summed E-state index contributed by atoms with van der Waals surface area (Å²) in [6, 6.07) is 3.88. The second-order valence-corrected chi connectivity index (χ2v) is 5.75. The van der Waals surface area contributed by atoms with Crippen molar-refractivity contribution in [2.75, 3.05) is 25.5 Å². The SMILES string of the molecule is Cc1ncc(C(=O)N2CCCC2c2ccc(N(C)C)nn2)[nH]1. The summed E-state index contributed by atoms with van der Waals surface area (Å²) in [5.41, 5.74) is 1.37. The fourth-order valence-corrected chi connectivity index (χ4v) is 2.75. The fraction of sp³-hybridized carbons (Fsp3) is 0.467. The Labute approximate surface area is 129 Å². The third-order valence-electron chi connectivity index (χ3n) is 3.92. The van der Waals surface area contributed by atoms with E-state index >= 15 is 0 Å². The van der Waals surface area contributed by atoms with E-state index in [0.717, 1.165) is 36.7 Å². The van der Waals surface area contributed by atoms with Crippen molar-refractivity contribution in [3.8, 4) is 0 Å². The summed E-state index contributed by atoms with van der Waals surface area (Å²) in [7, 11) is 3.85. The number of hydrogen-bond acceptors (Lipinski definition) is 5. The van der Waals surface area contributed by atoms with Crippen LogP contribution in [0.3, 0.4) is 0 Å². The molecule has 1 N–H and O–H groups in total. The summed E-state index contributed by atoms with van der Waals surface area (Å²) in [4.78, 5) is 23.5. The Morgan fingerprint density at radius 1 is 1.36 bits per heavy atom. The number of rotatable bonds is 3. The van der Waals surface area contributed by atoms with Crippen LogP contribution >= 0.6 is 0 Å². The molecule has 0 radical (unpaired) electrons. The quantitative estimate of drug-likeness (QED) is 0.930. The van der Waals surface area contributed by atoms with Crippen LogP contribution in [0.2, 0.25) is 0 Å². The number of aromatic nitrogens is 4. The van der Waals surface area contributed by atoms with Gasteiger partial charge in [0.1, 0.15) is 11.5 Å². The first kappa shape index (κ1) is 14.5. The maximum Gasteiger partial charge on any atom is 0.272 e. The summed E-state index contributed by atoms with van der Waals surface area (Å²) < 4.78 is 0. The molecule has 7 nitrogen and oxygen atoms in total. The zero-order chi connectivity index (χ0) is 15.7. The van der Waals surface area contributed by atoms with Gasteiger partial charge < -0.3 is 14.8 Å². The van der Waals surface area contributed by atoms with Crippen molar-refractivity contribution in [1.29, 1.82) is 0 Å². The molecule has 2 aromatic heterocycles. The lowest BCUT2D eigenvalue weighted by atomic mass is 10.1. The van der Waals surface area contributed by atoms with E-state index in [9.17, 15) is 4.79 Å². The molecule has 0 spiro atoms. The molecule has 0 aromatic carbocycles. The van der Waals surface area contributed by atoms with E-state index < -0.39 is 0 Å². The van der Waals surface area contributed by atoms with E-state index in [4.69, 9.17) is 0 Å². The van der Waals surface area contributed by atoms with Crippen LogP contribution in [0.4, 0.5) is 5.82 Å². The van der Waals surface area contributed by atoms with Gasteiger partial charge in [-0.05, 0) is 31.9 Å². The highest BCUT2D eigenvalue weighted by Crippen LogP contribution is 2.31. The maximum absolute atomic E-state index is 12.6. The Hall–Kier alpha value is -2.44. The Balaban J connectivity index is 1.82. The second kappa shape index (κ2) is 5.75. The number of carbonyl (C=O) groups excluding carboxylic acids is 1. The van der Waals surface area contributed by atoms with Crippen molar-refractivity contribution in [3.63, 3.8) is 0 Å². The fourth-order valence-electron chi connectivity index (χ4n) is 2.75. The van der Waals surface area contributed by atoms with Crippen LogP contribution in [0.5, 0.6) is 0 Å². The van der Waals surface area contributed by atoms with Crippen LogP contribution in [-0.2, 0) is 0 Å². The number of nitrogens with zero attached hydrogens (tertiary/aromatic N) is 5. The molecule has 7 heteroatoms. The van der Waals surface area contributed by atoms with Gasteiger partial charge in [0.25, 0.3) is 5.91 Å². The Bertz CT molecular complexity index is 663. The van der Waals surface area contributed by atoms with Gasteiger partial charge in [-0.25, -0.2) is 4.98 Å². The van der Waals surface area contributed by atoms with Crippen LogP contribution in [0.15, 0.2) is 18.3 Å². The molecule has 0 bridgehead atoms. The highest BCUT2D eigenvalue weighted by atomic mass is 16.2. The topological polar surface area (TPSA) is 78.0 Å². The predicted octanol–water partition coefficient (Wildman–Crippen LogP) is 1.55. The molecule has 0 saturated carbocycles. The Morgan fingerprint density at radius 2 is 2.18 bits per heavy atom. The normalized spacial score (nSPS) is 17.8. The lowest BCUT2D eigenvalue weighted by molar-refractivity contribution is 0.0727. The molecule has 1 saturated heterocycles. The van der Waals surface area contributed by atoms with E-state index in [0.29, 0.717) is 5.69 Å². The second-order valence-electron chi connectivity index (χ2n) is 5.75. The number of H-pyrrole nitrogens is 1. The van der Waals surface area contributed by atoms with Crippen LogP contribution in [0, 0.1) is 6.92 Å². The third kappa shape index (κ3) is 2.66. The van der Waals surface area contributed by atoms with Crippen LogP contribution in [-0.4, -0.2) is 51.6 Å². The smallest absolute Gasteiger partial charge is 0.272 e. The van der Waals surface area contributed by atoms with Gasteiger partial charge in [-0.15, -0.1) is 5.10 Å². The van der Waals surface area contributed by atoms with Crippen molar-refractivity contribution in [2.45, 2.75) is 25.8 Å². The molecule has 3 rings (SSSR count). The van der Waals surface area contributed by atoms with Crippen molar-refractivity contribution in [1.82, 2.24) is 25.1 Å². The zero-order valence-electron chi connectivity index (χ0n) is 13.1. The number of carbonyl (C=O) groups is 1. The number of hydrogen-bond donors (Lipinski definition) is 1. The first-order valence-electron chi connectivity index (χ1n) is 7.40. The minimum absolute atomic E-state index is 0.0141. The molecule has 116 valence electrons. The maximum atomic E-state index is 12.6. The molecule has 1 fully saturated rings. The van der Waals surface area contributed by atoms with Crippen molar-refractivity contribution in [3.05, 3.63) is 35.5 Å². The van der Waals surface area contributed by atoms with Crippen LogP contribution in [0.25, 0.3) is 0 Å². The number of anilines is 1. The van der Waals surface area contributed by atoms with E-state index in [-0.39, 0.29) is 11.9 Å². The van der Waals surface area contributed by atoms with Crippen LogP contribution < -0.4 is 4.90 Å². The minimum Gasteiger partial charge on any atom is -0.361 e. The van der Waals surface area contributed by atoms with Gasteiger partial charge in [0, 0.05) is 20.6 Å². The van der Waals surface area contributed by atoms with E-state index in [2.05, 4.69) is 20.2 Å². The number of likely N-dealkylation sites (tertiary alicyclic amines) is 1. The number of aromatic amines is 1. The van der Waals surface area contributed by atoms with Gasteiger partial charge in [0.15, 0.2) is 5.82 Å². The Morgan fingerprint density at radius 3 is 2.77 bits per heavy atom. The lowest BCUT2D eigenvalue weighted by Gasteiger charge is -2.23.